The monoisotopic (exact) mass is 349 g/mol. The molecule has 1 rings (SSSR count). The molecule has 22 heavy (non-hydrogen) atoms. The first-order valence-electron chi connectivity index (χ1n) is 8.14. The van der Waals surface area contributed by atoms with Crippen molar-refractivity contribution >= 4 is 27.6 Å². The second-order valence-corrected chi connectivity index (χ2v) is 8.62. The van der Waals surface area contributed by atoms with Gasteiger partial charge in [0.15, 0.2) is 0 Å². The first-order chi connectivity index (χ1) is 10.5. The molecule has 1 N–H and O–H groups in total. The van der Waals surface area contributed by atoms with E-state index in [-0.39, 0.29) is 18.0 Å². The number of rotatable bonds is 11. The molecule has 0 aromatic carbocycles. The summed E-state index contributed by atoms with van der Waals surface area (Å²) in [6.07, 6.45) is 3.62. The molecule has 0 amide bonds. The van der Waals surface area contributed by atoms with Gasteiger partial charge in [-0.15, -0.1) is 0 Å². The van der Waals surface area contributed by atoms with E-state index in [1.165, 1.54) is 20.0 Å². The van der Waals surface area contributed by atoms with E-state index >= 15 is 0 Å². The van der Waals surface area contributed by atoms with Crippen LogP contribution < -0.4 is 5.32 Å². The normalized spacial score (nSPS) is 25.1. The van der Waals surface area contributed by atoms with Crippen LogP contribution in [0, 0.1) is 11.8 Å². The van der Waals surface area contributed by atoms with Gasteiger partial charge in [-0.1, -0.05) is 35.4 Å². The Hall–Kier alpha value is 0.0900. The fraction of sp³-hybridized carbons (Fsp3) is 0.938. The number of nitrogens with one attached hydrogen (secondary N) is 1. The second kappa shape index (κ2) is 10.8. The van der Waals surface area contributed by atoms with Crippen LogP contribution in [0.2, 0.25) is 0 Å². The van der Waals surface area contributed by atoms with E-state index < -0.39 is 0 Å². The van der Waals surface area contributed by atoms with Gasteiger partial charge in [0.25, 0.3) is 0 Å². The van der Waals surface area contributed by atoms with Crippen molar-refractivity contribution in [3.05, 3.63) is 0 Å². The van der Waals surface area contributed by atoms with Crippen LogP contribution in [0.5, 0.6) is 0 Å². The Labute approximate surface area is 143 Å². The van der Waals surface area contributed by atoms with Gasteiger partial charge in [-0.2, -0.15) is 0 Å². The van der Waals surface area contributed by atoms with Crippen LogP contribution in [0.3, 0.4) is 0 Å². The molecule has 1 fully saturated rings. The van der Waals surface area contributed by atoms with Crippen LogP contribution in [-0.2, 0) is 14.3 Å². The van der Waals surface area contributed by atoms with Gasteiger partial charge in [0.1, 0.15) is 0 Å². The van der Waals surface area contributed by atoms with Crippen LogP contribution in [0.4, 0.5) is 0 Å². The third kappa shape index (κ3) is 6.30. The van der Waals surface area contributed by atoms with Crippen molar-refractivity contribution in [2.45, 2.75) is 58.2 Å². The van der Waals surface area contributed by atoms with Crippen LogP contribution in [-0.4, -0.2) is 49.9 Å². The fourth-order valence-electron chi connectivity index (χ4n) is 2.44. The summed E-state index contributed by atoms with van der Waals surface area (Å²) < 4.78 is 10.3. The summed E-state index contributed by atoms with van der Waals surface area (Å²) in [5.74, 6) is 2.47. The van der Waals surface area contributed by atoms with E-state index in [9.17, 15) is 4.79 Å². The molecule has 0 aromatic rings. The minimum Gasteiger partial charge on any atom is -0.469 e. The van der Waals surface area contributed by atoms with Gasteiger partial charge in [0.05, 0.1) is 19.1 Å². The molecule has 0 aromatic heterocycles. The molecule has 130 valence electrons. The smallest absolute Gasteiger partial charge is 0.309 e. The first kappa shape index (κ1) is 20.1. The van der Waals surface area contributed by atoms with Crippen LogP contribution in [0.25, 0.3) is 0 Å². The Morgan fingerprint density at radius 3 is 2.41 bits per heavy atom. The highest BCUT2D eigenvalue weighted by Gasteiger charge is 2.30. The molecule has 1 aliphatic carbocycles. The van der Waals surface area contributed by atoms with E-state index in [4.69, 9.17) is 9.47 Å². The zero-order chi connectivity index (χ0) is 16.5. The molecule has 5 atom stereocenters. The predicted octanol–water partition coefficient (Wildman–Crippen LogP) is 3.36. The summed E-state index contributed by atoms with van der Waals surface area (Å²) >= 11 is 0. The molecule has 6 heteroatoms. The van der Waals surface area contributed by atoms with E-state index in [0.29, 0.717) is 12.1 Å². The van der Waals surface area contributed by atoms with Crippen LogP contribution in [0.1, 0.15) is 40.0 Å². The number of carbonyl (C=O) groups is 1. The Kier molecular flexibility index (Phi) is 9.87. The molecule has 3 unspecified atom stereocenters. The van der Waals surface area contributed by atoms with Crippen LogP contribution in [0.15, 0.2) is 0 Å². The Bertz CT molecular complexity index is 331. The maximum absolute atomic E-state index is 11.6. The average Bonchev–Trinajstić information content (AvgIpc) is 2.54. The van der Waals surface area contributed by atoms with Crippen molar-refractivity contribution in [2.24, 2.45) is 11.8 Å². The summed E-state index contributed by atoms with van der Waals surface area (Å²) in [4.78, 5) is 11.6. The Morgan fingerprint density at radius 1 is 1.27 bits per heavy atom. The van der Waals surface area contributed by atoms with Crippen molar-refractivity contribution < 1.29 is 14.3 Å². The number of hydrogen-bond acceptors (Lipinski definition) is 6. The SMILES string of the molecule is CC[C@@H](CSSC[C@@H](NC1CCC1C)C(C)OC)C(=O)OC. The van der Waals surface area contributed by atoms with Gasteiger partial charge < -0.3 is 14.8 Å². The number of esters is 1. The zero-order valence-electron chi connectivity index (χ0n) is 14.5. The maximum Gasteiger partial charge on any atom is 0.309 e. The molecule has 0 saturated heterocycles. The van der Waals surface area contributed by atoms with Gasteiger partial charge >= 0.3 is 5.97 Å². The van der Waals surface area contributed by atoms with Gasteiger partial charge in [-0.25, -0.2) is 0 Å². The van der Waals surface area contributed by atoms with E-state index in [1.54, 1.807) is 17.9 Å². The van der Waals surface area contributed by atoms with Gasteiger partial charge in [0.2, 0.25) is 0 Å². The molecule has 4 nitrogen and oxygen atoms in total. The number of hydrogen-bond donors (Lipinski definition) is 1. The summed E-state index contributed by atoms with van der Waals surface area (Å²) in [5, 5.41) is 3.74. The van der Waals surface area contributed by atoms with Crippen molar-refractivity contribution in [1.82, 2.24) is 5.32 Å². The van der Waals surface area contributed by atoms with Crippen molar-refractivity contribution in [1.29, 1.82) is 0 Å². The predicted molar refractivity (Wildman–Crippen MR) is 96.3 cm³/mol. The number of ether oxygens (including phenoxy) is 2. The topological polar surface area (TPSA) is 47.6 Å². The largest absolute Gasteiger partial charge is 0.469 e. The highest BCUT2D eigenvalue weighted by atomic mass is 33.1. The lowest BCUT2D eigenvalue weighted by Gasteiger charge is -2.39. The Balaban J connectivity index is 2.32. The maximum atomic E-state index is 11.6. The highest BCUT2D eigenvalue weighted by Crippen LogP contribution is 2.30. The Morgan fingerprint density at radius 2 is 1.95 bits per heavy atom. The van der Waals surface area contributed by atoms with E-state index in [0.717, 1.165) is 23.8 Å². The molecule has 0 heterocycles. The van der Waals surface area contributed by atoms with Gasteiger partial charge in [0, 0.05) is 30.7 Å². The lowest BCUT2D eigenvalue weighted by atomic mass is 9.80. The summed E-state index contributed by atoms with van der Waals surface area (Å²) in [7, 11) is 6.81. The standard InChI is InChI=1S/C16H31NO3S2/c1-6-13(16(18)20-5)9-21-22-10-15(12(3)19-4)17-14-8-7-11(14)2/h11-15,17H,6-10H2,1-5H3/t11?,12?,13-,14?,15+/m0/s1. The molecule has 1 aliphatic rings. The zero-order valence-corrected chi connectivity index (χ0v) is 16.1. The number of methoxy groups -OCH3 is 2. The lowest BCUT2D eigenvalue weighted by Crippen LogP contribution is -2.52. The molecular formula is C16H31NO3S2. The van der Waals surface area contributed by atoms with Crippen molar-refractivity contribution in [3.8, 4) is 0 Å². The second-order valence-electron chi connectivity index (χ2n) is 6.07. The molecule has 0 bridgehead atoms. The third-order valence-electron chi connectivity index (χ3n) is 4.61. The summed E-state index contributed by atoms with van der Waals surface area (Å²) in [6.45, 7) is 6.46. The minimum atomic E-state index is -0.0983. The quantitative estimate of drug-likeness (QED) is 0.351. The summed E-state index contributed by atoms with van der Waals surface area (Å²) in [6, 6.07) is 0.986. The van der Waals surface area contributed by atoms with Crippen LogP contribution >= 0.6 is 21.6 Å². The summed E-state index contributed by atoms with van der Waals surface area (Å²) in [5.41, 5.74) is 0. The fourth-order valence-corrected chi connectivity index (χ4v) is 5.20. The average molecular weight is 350 g/mol. The molecular weight excluding hydrogens is 318 g/mol. The third-order valence-corrected chi connectivity index (χ3v) is 7.13. The lowest BCUT2D eigenvalue weighted by molar-refractivity contribution is -0.144. The molecule has 0 spiro atoms. The van der Waals surface area contributed by atoms with Gasteiger partial charge in [-0.05, 0) is 32.1 Å². The van der Waals surface area contributed by atoms with Gasteiger partial charge in [-0.3, -0.25) is 4.79 Å². The van der Waals surface area contributed by atoms with E-state index in [2.05, 4.69) is 19.2 Å². The van der Waals surface area contributed by atoms with Crippen molar-refractivity contribution in [2.75, 3.05) is 25.7 Å². The molecule has 0 aliphatic heterocycles. The molecule has 1 saturated carbocycles. The minimum absolute atomic E-state index is 0.000382. The number of carbonyl (C=O) groups excluding carboxylic acids is 1. The van der Waals surface area contributed by atoms with Crippen molar-refractivity contribution in [3.63, 3.8) is 0 Å². The molecule has 0 radical (unpaired) electrons. The first-order valence-corrected chi connectivity index (χ1v) is 10.6. The van der Waals surface area contributed by atoms with E-state index in [1.807, 2.05) is 17.7 Å². The highest BCUT2D eigenvalue weighted by molar-refractivity contribution is 8.76.